The van der Waals surface area contributed by atoms with E-state index in [0.29, 0.717) is 22.8 Å². The van der Waals surface area contributed by atoms with Gasteiger partial charge in [-0.2, -0.15) is 0 Å². The van der Waals surface area contributed by atoms with Crippen LogP contribution in [0.5, 0.6) is 0 Å². The molecular formula is C25H31ClN4O2. The summed E-state index contributed by atoms with van der Waals surface area (Å²) in [7, 11) is 0. The van der Waals surface area contributed by atoms with Crippen LogP contribution in [-0.2, 0) is 13.0 Å². The van der Waals surface area contributed by atoms with Crippen molar-refractivity contribution in [1.29, 1.82) is 0 Å². The third kappa shape index (κ3) is 6.11. The highest BCUT2D eigenvalue weighted by molar-refractivity contribution is 6.30. The topological polar surface area (TPSA) is 68.4 Å². The molecule has 0 bridgehead atoms. The van der Waals surface area contributed by atoms with Gasteiger partial charge in [-0.1, -0.05) is 44.5 Å². The highest BCUT2D eigenvalue weighted by Gasteiger charge is 2.17. The van der Waals surface area contributed by atoms with Crippen molar-refractivity contribution in [3.05, 3.63) is 75.0 Å². The van der Waals surface area contributed by atoms with Gasteiger partial charge < -0.3 is 20.1 Å². The zero-order valence-electron chi connectivity index (χ0n) is 19.0. The van der Waals surface area contributed by atoms with Crippen molar-refractivity contribution in [2.75, 3.05) is 31.5 Å². The molecule has 0 spiro atoms. The standard InChI is InChI=1S/C25H31ClN4O2/c1-4-18-10-11-23-19(14-18)15-20(24(31)28-23)17-30(13-12-29(5-2)6-3)25(32)27-22-9-7-8-21(26)16-22/h7-11,14-16H,4-6,12-13,17H2,1-3H3,(H,27,32)(H,28,31). The van der Waals surface area contributed by atoms with E-state index in [2.05, 4.69) is 42.0 Å². The van der Waals surface area contributed by atoms with Gasteiger partial charge in [-0.15, -0.1) is 0 Å². The van der Waals surface area contributed by atoms with Crippen molar-refractivity contribution in [1.82, 2.24) is 14.8 Å². The Labute approximate surface area is 194 Å². The number of pyridine rings is 1. The highest BCUT2D eigenvalue weighted by Crippen LogP contribution is 2.17. The minimum Gasteiger partial charge on any atom is -0.322 e. The number of halogens is 1. The molecule has 0 aliphatic carbocycles. The first kappa shape index (κ1) is 23.8. The monoisotopic (exact) mass is 454 g/mol. The molecule has 2 N–H and O–H groups in total. The minimum atomic E-state index is -0.263. The molecule has 0 radical (unpaired) electrons. The number of rotatable bonds is 9. The van der Waals surface area contributed by atoms with Gasteiger partial charge >= 0.3 is 6.03 Å². The second-order valence-corrected chi connectivity index (χ2v) is 8.22. The van der Waals surface area contributed by atoms with Crippen LogP contribution in [0.15, 0.2) is 53.3 Å². The first-order valence-electron chi connectivity index (χ1n) is 11.1. The van der Waals surface area contributed by atoms with Crippen molar-refractivity contribution >= 4 is 34.2 Å². The largest absolute Gasteiger partial charge is 0.322 e. The SMILES string of the molecule is CCc1ccc2[nH]c(=O)c(CN(CCN(CC)CC)C(=O)Nc3cccc(Cl)c3)cc2c1. The third-order valence-electron chi connectivity index (χ3n) is 5.70. The zero-order chi connectivity index (χ0) is 23.1. The molecule has 2 aromatic carbocycles. The fourth-order valence-electron chi connectivity index (χ4n) is 3.67. The highest BCUT2D eigenvalue weighted by atomic mass is 35.5. The lowest BCUT2D eigenvalue weighted by Crippen LogP contribution is -2.41. The number of benzene rings is 2. The van der Waals surface area contributed by atoms with Crippen LogP contribution < -0.4 is 10.9 Å². The predicted octanol–water partition coefficient (Wildman–Crippen LogP) is 5.12. The number of H-pyrrole nitrogens is 1. The van der Waals surface area contributed by atoms with Crippen molar-refractivity contribution in [3.63, 3.8) is 0 Å². The molecule has 3 aromatic rings. The fraction of sp³-hybridized carbons (Fsp3) is 0.360. The molecule has 2 amide bonds. The van der Waals surface area contributed by atoms with E-state index in [-0.39, 0.29) is 18.1 Å². The smallest absolute Gasteiger partial charge is 0.322 e. The molecule has 3 rings (SSSR count). The number of fused-ring (bicyclic) bond motifs is 1. The Morgan fingerprint density at radius 2 is 1.81 bits per heavy atom. The molecule has 1 heterocycles. The Morgan fingerprint density at radius 3 is 2.50 bits per heavy atom. The van der Waals surface area contributed by atoms with Gasteiger partial charge in [0, 0.05) is 34.9 Å². The van der Waals surface area contributed by atoms with E-state index in [0.717, 1.165) is 37.0 Å². The van der Waals surface area contributed by atoms with Crippen molar-refractivity contribution in [3.8, 4) is 0 Å². The fourth-order valence-corrected chi connectivity index (χ4v) is 3.86. The molecule has 0 fully saturated rings. The Hall–Kier alpha value is -2.83. The number of carbonyl (C=O) groups is 1. The summed E-state index contributed by atoms with van der Waals surface area (Å²) in [5.74, 6) is 0. The Balaban J connectivity index is 1.87. The molecule has 6 nitrogen and oxygen atoms in total. The molecule has 0 aliphatic heterocycles. The molecule has 170 valence electrons. The number of anilines is 1. The van der Waals surface area contributed by atoms with Crippen LogP contribution in [0, 0.1) is 0 Å². The number of aryl methyl sites for hydroxylation is 1. The van der Waals surface area contributed by atoms with Crippen LogP contribution in [-0.4, -0.2) is 47.0 Å². The van der Waals surface area contributed by atoms with Gasteiger partial charge in [-0.25, -0.2) is 4.79 Å². The molecular weight excluding hydrogens is 424 g/mol. The van der Waals surface area contributed by atoms with E-state index in [1.807, 2.05) is 18.2 Å². The molecule has 0 aliphatic rings. The van der Waals surface area contributed by atoms with E-state index in [1.165, 1.54) is 5.56 Å². The number of aromatic nitrogens is 1. The number of hydrogen-bond acceptors (Lipinski definition) is 3. The van der Waals surface area contributed by atoms with Crippen molar-refractivity contribution < 1.29 is 4.79 Å². The minimum absolute atomic E-state index is 0.176. The lowest BCUT2D eigenvalue weighted by Gasteiger charge is -2.26. The molecule has 0 saturated heterocycles. The van der Waals surface area contributed by atoms with Gasteiger partial charge in [-0.3, -0.25) is 4.79 Å². The van der Waals surface area contributed by atoms with Gasteiger partial charge in [0.1, 0.15) is 0 Å². The van der Waals surface area contributed by atoms with Gasteiger partial charge in [0.05, 0.1) is 6.54 Å². The maximum Gasteiger partial charge on any atom is 0.322 e. The first-order chi connectivity index (χ1) is 15.4. The molecule has 0 saturated carbocycles. The van der Waals surface area contributed by atoms with Crippen LogP contribution in [0.1, 0.15) is 31.9 Å². The molecule has 0 atom stereocenters. The summed E-state index contributed by atoms with van der Waals surface area (Å²) in [5.41, 5.74) is 3.01. The predicted molar refractivity (Wildman–Crippen MR) is 133 cm³/mol. The van der Waals surface area contributed by atoms with E-state index in [4.69, 9.17) is 11.6 Å². The summed E-state index contributed by atoms with van der Waals surface area (Å²) < 4.78 is 0. The summed E-state index contributed by atoms with van der Waals surface area (Å²) in [6.45, 7) is 9.53. The van der Waals surface area contributed by atoms with Crippen LogP contribution >= 0.6 is 11.6 Å². The van der Waals surface area contributed by atoms with E-state index in [1.54, 1.807) is 29.2 Å². The Kier molecular flexibility index (Phi) is 8.31. The number of amides is 2. The summed E-state index contributed by atoms with van der Waals surface area (Å²) in [6, 6.07) is 14.7. The number of aromatic amines is 1. The lowest BCUT2D eigenvalue weighted by molar-refractivity contribution is 0.194. The number of nitrogens with zero attached hydrogens (tertiary/aromatic N) is 2. The average molecular weight is 455 g/mol. The van der Waals surface area contributed by atoms with E-state index >= 15 is 0 Å². The second kappa shape index (κ2) is 11.2. The zero-order valence-corrected chi connectivity index (χ0v) is 19.7. The number of nitrogens with one attached hydrogen (secondary N) is 2. The Bertz CT molecular complexity index is 1120. The van der Waals surface area contributed by atoms with Crippen molar-refractivity contribution in [2.45, 2.75) is 33.7 Å². The number of urea groups is 1. The molecule has 1 aromatic heterocycles. The molecule has 7 heteroatoms. The lowest BCUT2D eigenvalue weighted by atomic mass is 10.1. The maximum atomic E-state index is 13.1. The number of hydrogen-bond donors (Lipinski definition) is 2. The molecule has 32 heavy (non-hydrogen) atoms. The summed E-state index contributed by atoms with van der Waals surface area (Å²) >= 11 is 6.06. The maximum absolute atomic E-state index is 13.1. The normalized spacial score (nSPS) is 11.2. The number of carbonyl (C=O) groups excluding carboxylic acids is 1. The van der Waals surface area contributed by atoms with Crippen LogP contribution in [0.25, 0.3) is 10.9 Å². The van der Waals surface area contributed by atoms with Gasteiger partial charge in [0.25, 0.3) is 5.56 Å². The number of likely N-dealkylation sites (N-methyl/N-ethyl adjacent to an activating group) is 1. The first-order valence-corrected chi connectivity index (χ1v) is 11.5. The van der Waals surface area contributed by atoms with Crippen LogP contribution in [0.2, 0.25) is 5.02 Å². The van der Waals surface area contributed by atoms with Gasteiger partial charge in [0.15, 0.2) is 0 Å². The van der Waals surface area contributed by atoms with Gasteiger partial charge in [0.2, 0.25) is 0 Å². The molecule has 0 unspecified atom stereocenters. The van der Waals surface area contributed by atoms with Crippen LogP contribution in [0.4, 0.5) is 10.5 Å². The quantitative estimate of drug-likeness (QED) is 0.471. The van der Waals surface area contributed by atoms with Crippen LogP contribution in [0.3, 0.4) is 0 Å². The summed E-state index contributed by atoms with van der Waals surface area (Å²) in [4.78, 5) is 32.8. The third-order valence-corrected chi connectivity index (χ3v) is 5.93. The van der Waals surface area contributed by atoms with E-state index < -0.39 is 0 Å². The van der Waals surface area contributed by atoms with E-state index in [9.17, 15) is 9.59 Å². The second-order valence-electron chi connectivity index (χ2n) is 7.79. The van der Waals surface area contributed by atoms with Crippen molar-refractivity contribution in [2.24, 2.45) is 0 Å². The van der Waals surface area contributed by atoms with Gasteiger partial charge in [-0.05, 0) is 66.9 Å². The average Bonchev–Trinajstić information content (AvgIpc) is 2.78. The summed E-state index contributed by atoms with van der Waals surface area (Å²) in [6.07, 6.45) is 0.919. The Morgan fingerprint density at radius 1 is 1.03 bits per heavy atom. The summed E-state index contributed by atoms with van der Waals surface area (Å²) in [5, 5.41) is 4.43.